The van der Waals surface area contributed by atoms with Crippen molar-refractivity contribution >= 4 is 11.8 Å². The summed E-state index contributed by atoms with van der Waals surface area (Å²) in [7, 11) is 1.82. The number of rotatable bonds is 5. The molecule has 0 spiro atoms. The van der Waals surface area contributed by atoms with Crippen LogP contribution in [0.25, 0.3) is 0 Å². The Bertz CT molecular complexity index is 652. The Morgan fingerprint density at radius 2 is 2.30 bits per heavy atom. The second kappa shape index (κ2) is 6.23. The quantitative estimate of drug-likeness (QED) is 0.887. The molecule has 1 atom stereocenters. The van der Waals surface area contributed by atoms with Crippen molar-refractivity contribution in [3.05, 3.63) is 40.1 Å². The van der Waals surface area contributed by atoms with Gasteiger partial charge in [-0.25, -0.2) is 14.3 Å². The van der Waals surface area contributed by atoms with Gasteiger partial charge in [-0.2, -0.15) is 0 Å². The molecule has 2 aromatic rings. The molecular weight excluding hydrogens is 279 g/mol. The Kier molecular flexibility index (Phi) is 4.61. The molecule has 1 unspecified atom stereocenters. The fourth-order valence-corrected chi connectivity index (χ4v) is 3.01. The highest BCUT2D eigenvalue weighted by atomic mass is 32.2. The summed E-state index contributed by atoms with van der Waals surface area (Å²) in [5.41, 5.74) is 0.560. The zero-order chi connectivity index (χ0) is 14.7. The van der Waals surface area contributed by atoms with E-state index >= 15 is 0 Å². The molecule has 0 radical (unpaired) electrons. The van der Waals surface area contributed by atoms with E-state index in [1.165, 1.54) is 10.6 Å². The van der Waals surface area contributed by atoms with Crippen LogP contribution in [0.5, 0.6) is 0 Å². The Hall–Kier alpha value is -1.60. The minimum Gasteiger partial charge on any atom is -0.313 e. The van der Waals surface area contributed by atoms with E-state index in [1.54, 1.807) is 6.07 Å². The summed E-state index contributed by atoms with van der Waals surface area (Å²) in [5, 5.41) is 9.90. The Balaban J connectivity index is 2.45. The second-order valence-corrected chi connectivity index (χ2v) is 5.30. The van der Waals surface area contributed by atoms with Crippen LogP contribution < -0.4 is 11.0 Å². The first kappa shape index (κ1) is 14.8. The molecule has 2 N–H and O–H groups in total. The number of benzene rings is 1. The minimum absolute atomic E-state index is 0.00828. The highest BCUT2D eigenvalue weighted by Gasteiger charge is 2.17. The summed E-state index contributed by atoms with van der Waals surface area (Å²) < 4.78 is 15.6. The van der Waals surface area contributed by atoms with Gasteiger partial charge in [0.1, 0.15) is 5.82 Å². The van der Waals surface area contributed by atoms with Gasteiger partial charge in [0.05, 0.1) is 4.90 Å². The Labute approximate surface area is 120 Å². The number of H-pyrrole nitrogens is 1. The summed E-state index contributed by atoms with van der Waals surface area (Å²) in [6, 6.07) is 4.97. The van der Waals surface area contributed by atoms with Gasteiger partial charge in [0, 0.05) is 12.6 Å². The molecule has 5 nitrogen and oxygen atoms in total. The lowest BCUT2D eigenvalue weighted by atomic mass is 10.1. The molecule has 0 aliphatic carbocycles. The molecule has 2 rings (SSSR count). The van der Waals surface area contributed by atoms with Crippen molar-refractivity contribution in [2.75, 3.05) is 7.05 Å². The van der Waals surface area contributed by atoms with Crippen LogP contribution in [0.2, 0.25) is 0 Å². The molecule has 0 bridgehead atoms. The number of aromatic amines is 1. The van der Waals surface area contributed by atoms with Crippen molar-refractivity contribution in [2.24, 2.45) is 0 Å². The minimum atomic E-state index is -0.312. The zero-order valence-electron chi connectivity index (χ0n) is 11.6. The predicted octanol–water partition coefficient (Wildman–Crippen LogP) is 2.16. The van der Waals surface area contributed by atoms with E-state index in [4.69, 9.17) is 0 Å². The molecule has 7 heteroatoms. The van der Waals surface area contributed by atoms with Crippen molar-refractivity contribution in [1.82, 2.24) is 20.1 Å². The molecule has 20 heavy (non-hydrogen) atoms. The highest BCUT2D eigenvalue weighted by Crippen LogP contribution is 2.33. The standard InChI is InChI=1S/C13H17FN4OS/c1-4-18-12(19)16-17-13(18)20-11-9(8(2)15-3)6-5-7-10(11)14/h5-8,15H,4H2,1-3H3,(H,16,19). The van der Waals surface area contributed by atoms with Gasteiger partial charge in [-0.3, -0.25) is 4.57 Å². The van der Waals surface area contributed by atoms with Gasteiger partial charge in [0.15, 0.2) is 5.16 Å². The lowest BCUT2D eigenvalue weighted by Crippen LogP contribution is -2.16. The van der Waals surface area contributed by atoms with E-state index in [2.05, 4.69) is 15.5 Å². The summed E-state index contributed by atoms with van der Waals surface area (Å²) in [5.74, 6) is -0.312. The number of nitrogens with zero attached hydrogens (tertiary/aromatic N) is 2. The van der Waals surface area contributed by atoms with Crippen LogP contribution in [-0.2, 0) is 6.54 Å². The molecule has 0 fully saturated rings. The van der Waals surface area contributed by atoms with Crippen LogP contribution in [0, 0.1) is 5.82 Å². The van der Waals surface area contributed by atoms with E-state index in [1.807, 2.05) is 27.0 Å². The maximum atomic E-state index is 14.1. The van der Waals surface area contributed by atoms with E-state index in [9.17, 15) is 9.18 Å². The molecule has 108 valence electrons. The fourth-order valence-electron chi connectivity index (χ4n) is 1.88. The largest absolute Gasteiger partial charge is 0.343 e. The average molecular weight is 296 g/mol. The predicted molar refractivity (Wildman–Crippen MR) is 76.5 cm³/mol. The third-order valence-electron chi connectivity index (χ3n) is 3.13. The van der Waals surface area contributed by atoms with Crippen molar-refractivity contribution in [1.29, 1.82) is 0 Å². The van der Waals surface area contributed by atoms with Gasteiger partial charge in [0.2, 0.25) is 0 Å². The number of aromatic nitrogens is 3. The first-order valence-electron chi connectivity index (χ1n) is 6.37. The molecule has 0 saturated carbocycles. The first-order valence-corrected chi connectivity index (χ1v) is 7.18. The maximum Gasteiger partial charge on any atom is 0.343 e. The first-order chi connectivity index (χ1) is 9.58. The lowest BCUT2D eigenvalue weighted by molar-refractivity contribution is 0.574. The van der Waals surface area contributed by atoms with Crippen LogP contribution in [0.3, 0.4) is 0 Å². The third kappa shape index (κ3) is 2.78. The van der Waals surface area contributed by atoms with Crippen LogP contribution in [0.15, 0.2) is 33.0 Å². The molecule has 0 aliphatic rings. The number of nitrogens with one attached hydrogen (secondary N) is 2. The Morgan fingerprint density at radius 3 is 2.95 bits per heavy atom. The molecule has 1 heterocycles. The third-order valence-corrected chi connectivity index (χ3v) is 4.26. The lowest BCUT2D eigenvalue weighted by Gasteiger charge is -2.15. The molecular formula is C13H17FN4OS. The summed E-state index contributed by atoms with van der Waals surface area (Å²) >= 11 is 1.16. The van der Waals surface area contributed by atoms with Gasteiger partial charge >= 0.3 is 5.69 Å². The SMILES string of the molecule is CCn1c(Sc2c(F)cccc2C(C)NC)n[nH]c1=O. The van der Waals surface area contributed by atoms with Crippen molar-refractivity contribution in [3.8, 4) is 0 Å². The van der Waals surface area contributed by atoms with E-state index in [-0.39, 0.29) is 17.5 Å². The molecule has 0 saturated heterocycles. The van der Waals surface area contributed by atoms with Crippen LogP contribution in [0.4, 0.5) is 4.39 Å². The van der Waals surface area contributed by atoms with Crippen molar-refractivity contribution < 1.29 is 4.39 Å². The van der Waals surface area contributed by atoms with Gasteiger partial charge < -0.3 is 5.32 Å². The van der Waals surface area contributed by atoms with E-state index < -0.39 is 0 Å². The Morgan fingerprint density at radius 1 is 1.55 bits per heavy atom. The summed E-state index contributed by atoms with van der Waals surface area (Å²) in [6.45, 7) is 4.29. The van der Waals surface area contributed by atoms with Gasteiger partial charge in [-0.15, -0.1) is 5.10 Å². The molecule has 1 aromatic carbocycles. The monoisotopic (exact) mass is 296 g/mol. The highest BCUT2D eigenvalue weighted by molar-refractivity contribution is 7.99. The van der Waals surface area contributed by atoms with Gasteiger partial charge in [-0.05, 0) is 44.3 Å². The fraction of sp³-hybridized carbons (Fsp3) is 0.385. The van der Waals surface area contributed by atoms with E-state index in [0.717, 1.165) is 17.3 Å². The van der Waals surface area contributed by atoms with Crippen LogP contribution >= 0.6 is 11.8 Å². The van der Waals surface area contributed by atoms with Crippen LogP contribution in [-0.4, -0.2) is 21.8 Å². The van der Waals surface area contributed by atoms with E-state index in [0.29, 0.717) is 16.6 Å². The normalized spacial score (nSPS) is 12.6. The topological polar surface area (TPSA) is 62.7 Å². The molecule has 0 amide bonds. The smallest absolute Gasteiger partial charge is 0.313 e. The summed E-state index contributed by atoms with van der Waals surface area (Å²) in [6.07, 6.45) is 0. The maximum absolute atomic E-state index is 14.1. The van der Waals surface area contributed by atoms with Gasteiger partial charge in [-0.1, -0.05) is 12.1 Å². The molecule has 0 aliphatic heterocycles. The van der Waals surface area contributed by atoms with Crippen LogP contribution in [0.1, 0.15) is 25.5 Å². The van der Waals surface area contributed by atoms with Crippen molar-refractivity contribution in [3.63, 3.8) is 0 Å². The second-order valence-electron chi connectivity index (χ2n) is 4.33. The van der Waals surface area contributed by atoms with Crippen molar-refractivity contribution in [2.45, 2.75) is 36.5 Å². The number of hydrogen-bond acceptors (Lipinski definition) is 4. The summed E-state index contributed by atoms with van der Waals surface area (Å²) in [4.78, 5) is 12.0. The molecule has 1 aromatic heterocycles. The number of hydrogen-bond donors (Lipinski definition) is 2. The average Bonchev–Trinajstić information content (AvgIpc) is 2.80. The van der Waals surface area contributed by atoms with Gasteiger partial charge in [0.25, 0.3) is 0 Å². The zero-order valence-corrected chi connectivity index (χ0v) is 12.4. The number of halogens is 1.